The van der Waals surface area contributed by atoms with Gasteiger partial charge in [0.2, 0.25) is 5.91 Å². The van der Waals surface area contributed by atoms with Crippen molar-refractivity contribution in [1.82, 2.24) is 5.32 Å². The van der Waals surface area contributed by atoms with Gasteiger partial charge in [-0.05, 0) is 38.5 Å². The molecule has 0 rings (SSSR count). The number of carbonyl (C=O) groups is 1. The van der Waals surface area contributed by atoms with E-state index in [2.05, 4.69) is 31.3 Å². The molecule has 6 nitrogen and oxygen atoms in total. The molecule has 0 aliphatic heterocycles. The highest BCUT2D eigenvalue weighted by atomic mass is 32.2. The number of nitrogens with one attached hydrogen (secondary N) is 1. The van der Waals surface area contributed by atoms with E-state index < -0.39 is 28.0 Å². The van der Waals surface area contributed by atoms with Crippen LogP contribution in [-0.4, -0.2) is 41.9 Å². The maximum atomic E-state index is 12.4. The molecule has 0 saturated heterocycles. The molecule has 2 atom stereocenters. The van der Waals surface area contributed by atoms with E-state index in [0.717, 1.165) is 38.5 Å². The molecule has 0 spiro atoms. The molecule has 0 aliphatic carbocycles. The van der Waals surface area contributed by atoms with Crippen LogP contribution in [0.4, 0.5) is 0 Å². The van der Waals surface area contributed by atoms with Crippen LogP contribution in [0.5, 0.6) is 0 Å². The van der Waals surface area contributed by atoms with Gasteiger partial charge < -0.3 is 10.4 Å². The van der Waals surface area contributed by atoms with Gasteiger partial charge in [-0.15, -0.1) is 0 Å². The van der Waals surface area contributed by atoms with Gasteiger partial charge in [0.1, 0.15) is 0 Å². The molecule has 2 unspecified atom stereocenters. The van der Waals surface area contributed by atoms with E-state index in [1.807, 2.05) is 0 Å². The Morgan fingerprint density at radius 1 is 0.634 bits per heavy atom. The Bertz CT molecular complexity index is 710. The Labute approximate surface area is 254 Å². The molecule has 0 aromatic carbocycles. The van der Waals surface area contributed by atoms with Crippen LogP contribution >= 0.6 is 0 Å². The second-order valence-electron chi connectivity index (χ2n) is 12.1. The van der Waals surface area contributed by atoms with Gasteiger partial charge in [-0.3, -0.25) is 9.35 Å². The number of rotatable bonds is 31. The van der Waals surface area contributed by atoms with Crippen molar-refractivity contribution in [2.45, 2.75) is 193 Å². The lowest BCUT2D eigenvalue weighted by atomic mass is 10.0. The first-order valence-electron chi connectivity index (χ1n) is 17.4. The molecule has 0 bridgehead atoms. The molecule has 1 amide bonds. The molecule has 0 aliphatic rings. The predicted molar refractivity (Wildman–Crippen MR) is 175 cm³/mol. The van der Waals surface area contributed by atoms with Gasteiger partial charge in [-0.2, -0.15) is 8.42 Å². The van der Waals surface area contributed by atoms with Crippen LogP contribution < -0.4 is 5.32 Å². The summed E-state index contributed by atoms with van der Waals surface area (Å²) in [6.45, 7) is 4.47. The molecule has 41 heavy (non-hydrogen) atoms. The first-order valence-corrected chi connectivity index (χ1v) is 19.0. The summed E-state index contributed by atoms with van der Waals surface area (Å²) in [6.07, 6.45) is 33.0. The SMILES string of the molecule is CCCCCCCC/C=C\CCCCCCCCCC(=O)NC(CS(=O)(=O)O)C(O)CCCCCCCCCCC. The number of carbonyl (C=O) groups excluding carboxylic acids is 1. The van der Waals surface area contributed by atoms with E-state index in [1.165, 1.54) is 116 Å². The summed E-state index contributed by atoms with van der Waals surface area (Å²) >= 11 is 0. The van der Waals surface area contributed by atoms with Gasteiger partial charge in [0, 0.05) is 6.42 Å². The normalized spacial score (nSPS) is 13.6. The fourth-order valence-electron chi connectivity index (χ4n) is 5.33. The third kappa shape index (κ3) is 30.3. The van der Waals surface area contributed by atoms with E-state index >= 15 is 0 Å². The minimum atomic E-state index is -4.30. The summed E-state index contributed by atoms with van der Waals surface area (Å²) in [6, 6.07) is -0.966. The molecular weight excluding hydrogens is 534 g/mol. The van der Waals surface area contributed by atoms with Crippen molar-refractivity contribution >= 4 is 16.0 Å². The van der Waals surface area contributed by atoms with Crippen LogP contribution in [0.25, 0.3) is 0 Å². The highest BCUT2D eigenvalue weighted by molar-refractivity contribution is 7.85. The summed E-state index contributed by atoms with van der Waals surface area (Å²) < 4.78 is 32.3. The summed E-state index contributed by atoms with van der Waals surface area (Å²) in [5.41, 5.74) is 0. The van der Waals surface area contributed by atoms with Gasteiger partial charge in [0.25, 0.3) is 10.1 Å². The van der Waals surface area contributed by atoms with Gasteiger partial charge in [-0.1, -0.05) is 148 Å². The summed E-state index contributed by atoms with van der Waals surface area (Å²) in [5.74, 6) is -0.900. The highest BCUT2D eigenvalue weighted by Gasteiger charge is 2.26. The Morgan fingerprint density at radius 2 is 1.02 bits per heavy atom. The zero-order valence-corrected chi connectivity index (χ0v) is 27.7. The van der Waals surface area contributed by atoms with Gasteiger partial charge in [0.15, 0.2) is 0 Å². The molecule has 0 heterocycles. The second-order valence-corrected chi connectivity index (χ2v) is 13.6. The first kappa shape index (κ1) is 40.1. The van der Waals surface area contributed by atoms with Crippen molar-refractivity contribution in [3.05, 3.63) is 12.2 Å². The Kier molecular flexibility index (Phi) is 28.5. The van der Waals surface area contributed by atoms with Gasteiger partial charge in [-0.25, -0.2) is 0 Å². The van der Waals surface area contributed by atoms with E-state index in [-0.39, 0.29) is 5.91 Å². The second kappa shape index (κ2) is 29.2. The third-order valence-electron chi connectivity index (χ3n) is 7.97. The summed E-state index contributed by atoms with van der Waals surface area (Å²) in [7, 11) is -4.30. The number of amides is 1. The average Bonchev–Trinajstić information content (AvgIpc) is 2.92. The van der Waals surface area contributed by atoms with Crippen LogP contribution in [0.1, 0.15) is 181 Å². The molecule has 7 heteroatoms. The molecule has 0 radical (unpaired) electrons. The Morgan fingerprint density at radius 3 is 1.46 bits per heavy atom. The van der Waals surface area contributed by atoms with Crippen molar-refractivity contribution < 1.29 is 22.9 Å². The van der Waals surface area contributed by atoms with Crippen molar-refractivity contribution in [3.63, 3.8) is 0 Å². The standard InChI is InChI=1S/C34H67NO5S/c1-3-5-7-9-11-13-14-15-16-17-18-19-20-22-24-26-28-30-34(37)35-32(31-41(38,39)40)33(36)29-27-25-23-21-12-10-8-6-4-2/h15-16,32-33,36H,3-14,17-31H2,1-2H3,(H,35,37)(H,38,39,40)/b16-15-. The maximum absolute atomic E-state index is 12.4. The van der Waals surface area contributed by atoms with Crippen LogP contribution in [-0.2, 0) is 14.9 Å². The summed E-state index contributed by atoms with van der Waals surface area (Å²) in [5, 5.41) is 13.2. The molecule has 3 N–H and O–H groups in total. The molecule has 0 saturated carbocycles. The minimum absolute atomic E-state index is 0.252. The average molecular weight is 602 g/mol. The zero-order chi connectivity index (χ0) is 30.4. The smallest absolute Gasteiger partial charge is 0.266 e. The van der Waals surface area contributed by atoms with Crippen LogP contribution in [0.3, 0.4) is 0 Å². The largest absolute Gasteiger partial charge is 0.391 e. The minimum Gasteiger partial charge on any atom is -0.391 e. The van der Waals surface area contributed by atoms with Gasteiger partial charge >= 0.3 is 0 Å². The fourth-order valence-corrected chi connectivity index (χ4v) is 6.09. The summed E-state index contributed by atoms with van der Waals surface area (Å²) in [4.78, 5) is 12.4. The quantitative estimate of drug-likeness (QED) is 0.0417. The number of aliphatic hydroxyl groups excluding tert-OH is 1. The molecular formula is C34H67NO5S. The number of allylic oxidation sites excluding steroid dienone is 2. The molecule has 0 fully saturated rings. The van der Waals surface area contributed by atoms with E-state index in [0.29, 0.717) is 12.8 Å². The topological polar surface area (TPSA) is 104 Å². The zero-order valence-electron chi connectivity index (χ0n) is 26.9. The van der Waals surface area contributed by atoms with Crippen LogP contribution in [0, 0.1) is 0 Å². The lowest BCUT2D eigenvalue weighted by Gasteiger charge is -2.23. The molecule has 0 aromatic heterocycles. The monoisotopic (exact) mass is 601 g/mol. The maximum Gasteiger partial charge on any atom is 0.266 e. The Hall–Kier alpha value is -0.920. The molecule has 0 aromatic rings. The van der Waals surface area contributed by atoms with Gasteiger partial charge in [0.05, 0.1) is 17.9 Å². The van der Waals surface area contributed by atoms with Crippen molar-refractivity contribution in [1.29, 1.82) is 0 Å². The lowest BCUT2D eigenvalue weighted by molar-refractivity contribution is -0.122. The fraction of sp³-hybridized carbons (Fsp3) is 0.912. The van der Waals surface area contributed by atoms with Crippen molar-refractivity contribution in [2.75, 3.05) is 5.75 Å². The highest BCUT2D eigenvalue weighted by Crippen LogP contribution is 2.14. The molecule has 244 valence electrons. The first-order chi connectivity index (χ1) is 19.8. The lowest BCUT2D eigenvalue weighted by Crippen LogP contribution is -2.47. The predicted octanol–water partition coefficient (Wildman–Crippen LogP) is 9.46. The van der Waals surface area contributed by atoms with Crippen LogP contribution in [0.15, 0.2) is 12.2 Å². The number of hydrogen-bond donors (Lipinski definition) is 3. The van der Waals surface area contributed by atoms with Crippen molar-refractivity contribution in [3.8, 4) is 0 Å². The number of hydrogen-bond acceptors (Lipinski definition) is 4. The number of aliphatic hydroxyl groups is 1. The third-order valence-corrected chi connectivity index (χ3v) is 8.75. The Balaban J connectivity index is 3.89. The van der Waals surface area contributed by atoms with E-state index in [4.69, 9.17) is 0 Å². The van der Waals surface area contributed by atoms with E-state index in [1.54, 1.807) is 0 Å². The van der Waals surface area contributed by atoms with Crippen LogP contribution in [0.2, 0.25) is 0 Å². The van der Waals surface area contributed by atoms with Crippen molar-refractivity contribution in [2.24, 2.45) is 0 Å². The van der Waals surface area contributed by atoms with E-state index in [9.17, 15) is 22.9 Å². The number of unbranched alkanes of at least 4 members (excludes halogenated alkanes) is 21.